The Balaban J connectivity index is 1.54. The van der Waals surface area contributed by atoms with Crippen LogP contribution in [0.3, 0.4) is 0 Å². The highest BCUT2D eigenvalue weighted by molar-refractivity contribution is 5.77. The van der Waals surface area contributed by atoms with E-state index in [1.807, 2.05) is 30.5 Å². The van der Waals surface area contributed by atoms with Gasteiger partial charge in [0, 0.05) is 31.3 Å². The van der Waals surface area contributed by atoms with Gasteiger partial charge in [-0.15, -0.1) is 0 Å². The zero-order valence-corrected chi connectivity index (χ0v) is 12.0. The van der Waals surface area contributed by atoms with Crippen molar-refractivity contribution in [1.29, 1.82) is 0 Å². The molecule has 0 atom stereocenters. The van der Waals surface area contributed by atoms with Crippen LogP contribution in [-0.2, 0) is 17.6 Å². The molecule has 0 fully saturated rings. The van der Waals surface area contributed by atoms with E-state index in [0.717, 1.165) is 24.9 Å². The Bertz CT molecular complexity index is 530. The number of carbonyl (C=O) groups excluding carboxylic acids is 1. The minimum atomic E-state index is 0.0219. The minimum Gasteiger partial charge on any atom is -0.355 e. The number of hydrogen-bond acceptors (Lipinski definition) is 4. The number of pyridine rings is 2. The number of carbonyl (C=O) groups is 1. The van der Waals surface area contributed by atoms with Crippen LogP contribution in [0.1, 0.15) is 11.1 Å². The molecular formula is C16H20N4O. The fraction of sp³-hybridized carbons (Fsp3) is 0.312. The van der Waals surface area contributed by atoms with Crippen molar-refractivity contribution in [3.63, 3.8) is 0 Å². The Morgan fingerprint density at radius 3 is 2.52 bits per heavy atom. The summed E-state index contributed by atoms with van der Waals surface area (Å²) >= 11 is 0. The predicted octanol–water partition coefficient (Wildman–Crippen LogP) is 0.968. The highest BCUT2D eigenvalue weighted by Gasteiger charge is 2.00. The molecule has 0 aliphatic carbocycles. The Morgan fingerprint density at radius 2 is 1.76 bits per heavy atom. The van der Waals surface area contributed by atoms with Gasteiger partial charge in [0.25, 0.3) is 0 Å². The van der Waals surface area contributed by atoms with Crippen molar-refractivity contribution >= 4 is 5.91 Å². The first-order valence-electron chi connectivity index (χ1n) is 7.10. The Morgan fingerprint density at radius 1 is 0.952 bits per heavy atom. The second kappa shape index (κ2) is 8.81. The molecule has 2 N–H and O–H groups in total. The molecule has 0 saturated heterocycles. The first kappa shape index (κ1) is 15.1. The molecule has 0 aromatic carbocycles. The summed E-state index contributed by atoms with van der Waals surface area (Å²) in [6.07, 6.45) is 8.82. The summed E-state index contributed by atoms with van der Waals surface area (Å²) in [4.78, 5) is 19.7. The molecule has 0 unspecified atom stereocenters. The van der Waals surface area contributed by atoms with Gasteiger partial charge < -0.3 is 10.6 Å². The van der Waals surface area contributed by atoms with Crippen LogP contribution in [0.5, 0.6) is 0 Å². The zero-order valence-electron chi connectivity index (χ0n) is 12.0. The number of amides is 1. The van der Waals surface area contributed by atoms with Gasteiger partial charge in [-0.05, 0) is 48.7 Å². The molecule has 0 radical (unpaired) electrons. The third kappa shape index (κ3) is 6.14. The molecule has 1 amide bonds. The molecule has 21 heavy (non-hydrogen) atoms. The van der Waals surface area contributed by atoms with Crippen molar-refractivity contribution in [2.75, 3.05) is 19.6 Å². The molecule has 5 nitrogen and oxygen atoms in total. The molecule has 5 heteroatoms. The lowest BCUT2D eigenvalue weighted by Crippen LogP contribution is -2.35. The lowest BCUT2D eigenvalue weighted by atomic mass is 10.2. The summed E-state index contributed by atoms with van der Waals surface area (Å²) in [5.74, 6) is 0.0219. The van der Waals surface area contributed by atoms with E-state index < -0.39 is 0 Å². The molecule has 0 saturated carbocycles. The van der Waals surface area contributed by atoms with Crippen molar-refractivity contribution in [2.45, 2.75) is 12.8 Å². The summed E-state index contributed by atoms with van der Waals surface area (Å²) in [5, 5.41) is 6.03. The first-order chi connectivity index (χ1) is 10.3. The predicted molar refractivity (Wildman–Crippen MR) is 81.8 cm³/mol. The van der Waals surface area contributed by atoms with Gasteiger partial charge in [0.1, 0.15) is 0 Å². The number of rotatable bonds is 8. The maximum atomic E-state index is 11.6. The van der Waals surface area contributed by atoms with Crippen LogP contribution in [0.25, 0.3) is 0 Å². The van der Waals surface area contributed by atoms with E-state index in [-0.39, 0.29) is 5.91 Å². The third-order valence-electron chi connectivity index (χ3n) is 3.08. The van der Waals surface area contributed by atoms with E-state index in [1.54, 1.807) is 18.6 Å². The summed E-state index contributed by atoms with van der Waals surface area (Å²) in [6, 6.07) is 7.87. The number of nitrogens with one attached hydrogen (secondary N) is 2. The summed E-state index contributed by atoms with van der Waals surface area (Å²) < 4.78 is 0. The smallest absolute Gasteiger partial charge is 0.233 e. The van der Waals surface area contributed by atoms with E-state index in [2.05, 4.69) is 20.6 Å². The molecule has 2 heterocycles. The summed E-state index contributed by atoms with van der Waals surface area (Å²) in [6.45, 7) is 1.76. The Labute approximate surface area is 124 Å². The fourth-order valence-corrected chi connectivity index (χ4v) is 1.94. The van der Waals surface area contributed by atoms with E-state index in [4.69, 9.17) is 0 Å². The highest BCUT2D eigenvalue weighted by Crippen LogP contribution is 1.96. The first-order valence-corrected chi connectivity index (χ1v) is 7.10. The molecular weight excluding hydrogens is 264 g/mol. The van der Waals surface area contributed by atoms with Crippen molar-refractivity contribution in [3.8, 4) is 0 Å². The Hall–Kier alpha value is -2.27. The number of aromatic nitrogens is 2. The van der Waals surface area contributed by atoms with Crippen LogP contribution >= 0.6 is 0 Å². The molecule has 2 aromatic heterocycles. The highest BCUT2D eigenvalue weighted by atomic mass is 16.1. The zero-order chi connectivity index (χ0) is 14.8. The van der Waals surface area contributed by atoms with E-state index >= 15 is 0 Å². The van der Waals surface area contributed by atoms with Crippen molar-refractivity contribution in [2.24, 2.45) is 0 Å². The SMILES string of the molecule is O=C(CNCCc1ccncc1)NCCc1cccnc1. The molecule has 2 rings (SSSR count). The van der Waals surface area contributed by atoms with Gasteiger partial charge >= 0.3 is 0 Å². The van der Waals surface area contributed by atoms with Gasteiger partial charge in [0.2, 0.25) is 5.91 Å². The van der Waals surface area contributed by atoms with Crippen LogP contribution in [0.15, 0.2) is 49.1 Å². The van der Waals surface area contributed by atoms with Gasteiger partial charge in [-0.2, -0.15) is 0 Å². The van der Waals surface area contributed by atoms with E-state index in [0.29, 0.717) is 13.1 Å². The van der Waals surface area contributed by atoms with Crippen LogP contribution in [0.4, 0.5) is 0 Å². The third-order valence-corrected chi connectivity index (χ3v) is 3.08. The van der Waals surface area contributed by atoms with Gasteiger partial charge in [-0.25, -0.2) is 0 Å². The number of nitrogens with zero attached hydrogens (tertiary/aromatic N) is 2. The second-order valence-corrected chi connectivity index (χ2v) is 4.74. The van der Waals surface area contributed by atoms with Crippen LogP contribution in [0.2, 0.25) is 0 Å². The second-order valence-electron chi connectivity index (χ2n) is 4.74. The quantitative estimate of drug-likeness (QED) is 0.709. The van der Waals surface area contributed by atoms with Crippen LogP contribution in [-0.4, -0.2) is 35.5 Å². The van der Waals surface area contributed by atoms with Gasteiger partial charge in [0.15, 0.2) is 0 Å². The summed E-state index contributed by atoms with van der Waals surface area (Å²) in [7, 11) is 0. The van der Waals surface area contributed by atoms with Crippen molar-refractivity contribution < 1.29 is 4.79 Å². The average molecular weight is 284 g/mol. The molecule has 2 aromatic rings. The molecule has 0 aliphatic heterocycles. The molecule has 0 bridgehead atoms. The molecule has 110 valence electrons. The summed E-state index contributed by atoms with van der Waals surface area (Å²) in [5.41, 5.74) is 2.35. The Kier molecular flexibility index (Phi) is 6.35. The maximum absolute atomic E-state index is 11.6. The molecule has 0 spiro atoms. The van der Waals surface area contributed by atoms with Gasteiger partial charge in [-0.1, -0.05) is 6.07 Å². The monoisotopic (exact) mass is 284 g/mol. The van der Waals surface area contributed by atoms with Crippen LogP contribution in [0, 0.1) is 0 Å². The fourth-order valence-electron chi connectivity index (χ4n) is 1.94. The standard InChI is InChI=1S/C16H20N4O/c21-16(20-11-6-15-2-1-7-18-12-15)13-19-10-5-14-3-8-17-9-4-14/h1-4,7-9,12,19H,5-6,10-11,13H2,(H,20,21). The number of hydrogen-bond donors (Lipinski definition) is 2. The minimum absolute atomic E-state index is 0.0219. The lowest BCUT2D eigenvalue weighted by Gasteiger charge is -2.07. The van der Waals surface area contributed by atoms with Crippen molar-refractivity contribution in [3.05, 3.63) is 60.2 Å². The lowest BCUT2D eigenvalue weighted by molar-refractivity contribution is -0.120. The van der Waals surface area contributed by atoms with Crippen LogP contribution < -0.4 is 10.6 Å². The normalized spacial score (nSPS) is 10.3. The van der Waals surface area contributed by atoms with Gasteiger partial charge in [-0.3, -0.25) is 14.8 Å². The van der Waals surface area contributed by atoms with Crippen molar-refractivity contribution in [1.82, 2.24) is 20.6 Å². The molecule has 0 aliphatic rings. The van der Waals surface area contributed by atoms with Gasteiger partial charge in [0.05, 0.1) is 6.54 Å². The maximum Gasteiger partial charge on any atom is 0.233 e. The topological polar surface area (TPSA) is 66.9 Å². The average Bonchev–Trinajstić information content (AvgIpc) is 2.54. The van der Waals surface area contributed by atoms with E-state index in [9.17, 15) is 4.79 Å². The largest absolute Gasteiger partial charge is 0.355 e. The van der Waals surface area contributed by atoms with E-state index in [1.165, 1.54) is 5.56 Å².